The van der Waals surface area contributed by atoms with Crippen molar-refractivity contribution in [3.05, 3.63) is 51.5 Å². The predicted molar refractivity (Wildman–Crippen MR) is 105 cm³/mol. The maximum atomic E-state index is 13.6. The van der Waals surface area contributed by atoms with Crippen molar-refractivity contribution in [2.75, 3.05) is 20.6 Å². The van der Waals surface area contributed by atoms with Gasteiger partial charge in [-0.25, -0.2) is 13.8 Å². The quantitative estimate of drug-likeness (QED) is 0.416. The maximum Gasteiger partial charge on any atom is 0.193 e. The lowest BCUT2D eigenvalue weighted by Crippen LogP contribution is -2.39. The molecule has 0 saturated heterocycles. The van der Waals surface area contributed by atoms with Gasteiger partial charge in [0.25, 0.3) is 0 Å². The van der Waals surface area contributed by atoms with E-state index in [-0.39, 0.29) is 24.0 Å². The summed E-state index contributed by atoms with van der Waals surface area (Å²) in [6, 6.07) is 4.22. The third-order valence-electron chi connectivity index (χ3n) is 3.35. The van der Waals surface area contributed by atoms with Crippen LogP contribution in [0.2, 0.25) is 0 Å². The van der Waals surface area contributed by atoms with Gasteiger partial charge in [-0.05, 0) is 25.0 Å². The first kappa shape index (κ1) is 20.8. The topological polar surface area (TPSA) is 40.5 Å². The highest BCUT2D eigenvalue weighted by Gasteiger charge is 2.10. The van der Waals surface area contributed by atoms with Gasteiger partial charge in [0.2, 0.25) is 0 Å². The zero-order valence-corrected chi connectivity index (χ0v) is 17.0. The lowest BCUT2D eigenvalue weighted by Gasteiger charge is -2.21. The lowest BCUT2D eigenvalue weighted by molar-refractivity contribution is 0.469. The number of aliphatic imine (C=N–C) groups is 1. The minimum Gasteiger partial charge on any atom is -0.356 e. The van der Waals surface area contributed by atoms with Gasteiger partial charge < -0.3 is 10.2 Å². The number of thiazole rings is 1. The lowest BCUT2D eigenvalue weighted by atomic mass is 10.1. The Morgan fingerprint density at radius 2 is 2.12 bits per heavy atom. The highest BCUT2D eigenvalue weighted by molar-refractivity contribution is 14.0. The van der Waals surface area contributed by atoms with Crippen LogP contribution in [0.1, 0.15) is 16.3 Å². The Bertz CT molecular complexity index is 690. The van der Waals surface area contributed by atoms with Crippen LogP contribution in [0.15, 0.2) is 28.6 Å². The molecule has 1 heterocycles. The second kappa shape index (κ2) is 9.87. The Balaban J connectivity index is 0.00000288. The van der Waals surface area contributed by atoms with Crippen LogP contribution in [0.5, 0.6) is 0 Å². The molecule has 0 aliphatic rings. The van der Waals surface area contributed by atoms with E-state index in [0.29, 0.717) is 31.0 Å². The third kappa shape index (κ3) is 5.66. The first-order valence-electron chi connectivity index (χ1n) is 7.27. The Hall–Kier alpha value is -1.29. The van der Waals surface area contributed by atoms with Gasteiger partial charge in [-0.3, -0.25) is 4.99 Å². The summed E-state index contributed by atoms with van der Waals surface area (Å²) in [4.78, 5) is 10.6. The SMILES string of the molecule is CN=C(NCCc1cccc(F)c1F)N(C)Cc1csc(C)n1.I. The number of nitrogens with zero attached hydrogens (tertiary/aromatic N) is 3. The highest BCUT2D eigenvalue weighted by Crippen LogP contribution is 2.12. The Kier molecular flexibility index (Phi) is 8.54. The van der Waals surface area contributed by atoms with E-state index in [9.17, 15) is 8.78 Å². The normalized spacial score (nSPS) is 11.1. The average molecular weight is 466 g/mol. The minimum absolute atomic E-state index is 0. The fraction of sp³-hybridized carbons (Fsp3) is 0.375. The van der Waals surface area contributed by atoms with E-state index in [1.54, 1.807) is 24.5 Å². The van der Waals surface area contributed by atoms with Crippen molar-refractivity contribution in [1.82, 2.24) is 15.2 Å². The summed E-state index contributed by atoms with van der Waals surface area (Å²) in [5.41, 5.74) is 1.33. The molecule has 4 nitrogen and oxygen atoms in total. The molecule has 0 spiro atoms. The summed E-state index contributed by atoms with van der Waals surface area (Å²) in [7, 11) is 3.60. The largest absolute Gasteiger partial charge is 0.356 e. The van der Waals surface area contributed by atoms with E-state index in [1.807, 2.05) is 24.3 Å². The summed E-state index contributed by atoms with van der Waals surface area (Å²) in [5.74, 6) is -0.911. The maximum absolute atomic E-state index is 13.6. The summed E-state index contributed by atoms with van der Waals surface area (Å²) < 4.78 is 26.8. The van der Waals surface area contributed by atoms with Crippen molar-refractivity contribution < 1.29 is 8.78 Å². The first-order chi connectivity index (χ1) is 11.0. The molecule has 0 radical (unpaired) electrons. The van der Waals surface area contributed by atoms with E-state index >= 15 is 0 Å². The number of nitrogens with one attached hydrogen (secondary N) is 1. The van der Waals surface area contributed by atoms with Crippen molar-refractivity contribution in [1.29, 1.82) is 0 Å². The summed E-state index contributed by atoms with van der Waals surface area (Å²) in [6.45, 7) is 3.07. The smallest absolute Gasteiger partial charge is 0.193 e. The number of benzene rings is 1. The van der Waals surface area contributed by atoms with Gasteiger partial charge >= 0.3 is 0 Å². The van der Waals surface area contributed by atoms with Gasteiger partial charge in [0.15, 0.2) is 17.6 Å². The molecule has 0 fully saturated rings. The molecule has 1 aromatic heterocycles. The van der Waals surface area contributed by atoms with Crippen LogP contribution < -0.4 is 5.32 Å². The molecule has 0 saturated carbocycles. The van der Waals surface area contributed by atoms with Crippen molar-refractivity contribution in [3.63, 3.8) is 0 Å². The molecule has 2 rings (SSSR count). The van der Waals surface area contributed by atoms with Crippen molar-refractivity contribution >= 4 is 41.3 Å². The molecule has 0 bridgehead atoms. The van der Waals surface area contributed by atoms with Crippen LogP contribution in [0, 0.1) is 18.6 Å². The zero-order valence-electron chi connectivity index (χ0n) is 13.8. The summed E-state index contributed by atoms with van der Waals surface area (Å²) in [5, 5.41) is 6.19. The molecule has 24 heavy (non-hydrogen) atoms. The molecule has 2 aromatic rings. The van der Waals surface area contributed by atoms with Crippen molar-refractivity contribution in [3.8, 4) is 0 Å². The number of halogens is 3. The van der Waals surface area contributed by atoms with Gasteiger partial charge in [0.05, 0.1) is 17.2 Å². The Labute approximate surface area is 162 Å². The van der Waals surface area contributed by atoms with E-state index in [4.69, 9.17) is 0 Å². The second-order valence-corrected chi connectivity index (χ2v) is 6.21. The highest BCUT2D eigenvalue weighted by atomic mass is 127. The number of aromatic nitrogens is 1. The van der Waals surface area contributed by atoms with E-state index in [0.717, 1.165) is 16.8 Å². The Morgan fingerprint density at radius 1 is 1.38 bits per heavy atom. The summed E-state index contributed by atoms with van der Waals surface area (Å²) >= 11 is 1.61. The minimum atomic E-state index is -0.817. The number of hydrogen-bond acceptors (Lipinski definition) is 3. The summed E-state index contributed by atoms with van der Waals surface area (Å²) in [6.07, 6.45) is 0.381. The van der Waals surface area contributed by atoms with Gasteiger partial charge in [0, 0.05) is 26.0 Å². The number of guanidine groups is 1. The monoisotopic (exact) mass is 466 g/mol. The predicted octanol–water partition coefficient (Wildman–Crippen LogP) is 3.60. The molecule has 0 amide bonds. The van der Waals surface area contributed by atoms with Crippen molar-refractivity contribution in [2.45, 2.75) is 19.9 Å². The number of rotatable bonds is 5. The van der Waals surface area contributed by atoms with Crippen LogP contribution >= 0.6 is 35.3 Å². The van der Waals surface area contributed by atoms with Gasteiger partial charge in [-0.15, -0.1) is 35.3 Å². The molecule has 132 valence electrons. The number of aryl methyl sites for hydroxylation is 1. The average Bonchev–Trinajstić information content (AvgIpc) is 2.92. The van der Waals surface area contributed by atoms with E-state index in [1.165, 1.54) is 6.07 Å². The second-order valence-electron chi connectivity index (χ2n) is 5.15. The molecule has 1 aromatic carbocycles. The Morgan fingerprint density at radius 3 is 2.75 bits per heavy atom. The van der Waals surface area contributed by atoms with Crippen LogP contribution in [0.25, 0.3) is 0 Å². The molecule has 0 unspecified atom stereocenters. The molecule has 1 N–H and O–H groups in total. The van der Waals surface area contributed by atoms with Crippen LogP contribution in [0.3, 0.4) is 0 Å². The standard InChI is InChI=1S/C16H20F2N4S.HI/c1-11-21-13(10-23-11)9-22(3)16(19-2)20-8-7-12-5-4-6-14(17)15(12)18;/h4-6,10H,7-9H2,1-3H3,(H,19,20);1H. The molecular formula is C16H21F2IN4S. The van der Waals surface area contributed by atoms with Gasteiger partial charge in [-0.1, -0.05) is 12.1 Å². The zero-order chi connectivity index (χ0) is 16.8. The molecule has 0 aliphatic carbocycles. The van der Waals surface area contributed by atoms with Crippen LogP contribution in [-0.2, 0) is 13.0 Å². The molecule has 0 aliphatic heterocycles. The molecular weight excluding hydrogens is 445 g/mol. The van der Waals surface area contributed by atoms with Gasteiger partial charge in [-0.2, -0.15) is 0 Å². The van der Waals surface area contributed by atoms with Gasteiger partial charge in [0.1, 0.15) is 0 Å². The fourth-order valence-corrected chi connectivity index (χ4v) is 2.84. The van der Waals surface area contributed by atoms with Crippen LogP contribution in [-0.4, -0.2) is 36.5 Å². The first-order valence-corrected chi connectivity index (χ1v) is 8.15. The van der Waals surface area contributed by atoms with Crippen molar-refractivity contribution in [2.24, 2.45) is 4.99 Å². The molecule has 8 heteroatoms. The van der Waals surface area contributed by atoms with E-state index in [2.05, 4.69) is 15.3 Å². The van der Waals surface area contributed by atoms with E-state index < -0.39 is 11.6 Å². The fourth-order valence-electron chi connectivity index (χ4n) is 2.23. The number of hydrogen-bond donors (Lipinski definition) is 1. The third-order valence-corrected chi connectivity index (χ3v) is 4.17. The van der Waals surface area contributed by atoms with Crippen LogP contribution in [0.4, 0.5) is 8.78 Å². The molecule has 0 atom stereocenters.